The molecule has 3 nitrogen and oxygen atoms in total. The van der Waals surface area contributed by atoms with E-state index < -0.39 is 14.7 Å². The topological polar surface area (TPSA) is 57.2 Å². The van der Waals surface area contributed by atoms with Crippen LogP contribution in [0.15, 0.2) is 0 Å². The number of hydrogen-bond acceptors (Lipinski definition) is 5. The molecule has 1 unspecified atom stereocenters. The summed E-state index contributed by atoms with van der Waals surface area (Å²) in [6, 6.07) is 0. The van der Waals surface area contributed by atoms with Crippen molar-refractivity contribution in [2.75, 3.05) is 0 Å². The predicted octanol–water partition coefficient (Wildman–Crippen LogP) is -2.15. The molecule has 0 heterocycles. The Labute approximate surface area is 82.1 Å². The molecule has 7 heteroatoms. The first-order valence-corrected chi connectivity index (χ1v) is 5.67. The molecule has 0 aliphatic rings. The Morgan fingerprint density at radius 2 is 2.10 bits per heavy atom. The van der Waals surface area contributed by atoms with E-state index in [2.05, 4.69) is 11.7 Å². The second-order valence-electron chi connectivity index (χ2n) is 1.44. The third kappa shape index (κ3) is 4.94. The van der Waals surface area contributed by atoms with Crippen molar-refractivity contribution in [3.63, 3.8) is 0 Å². The van der Waals surface area contributed by atoms with Gasteiger partial charge in [-0.25, -0.2) is 8.42 Å². The van der Waals surface area contributed by atoms with E-state index in [1.54, 1.807) is 6.92 Å². The molecule has 0 radical (unpaired) electrons. The van der Waals surface area contributed by atoms with E-state index in [1.165, 1.54) is 0 Å². The number of hydrogen-bond donors (Lipinski definition) is 1. The second kappa shape index (κ2) is 5.81. The van der Waals surface area contributed by atoms with Crippen molar-refractivity contribution in [1.29, 1.82) is 0 Å². The third-order valence-corrected chi connectivity index (χ3v) is 4.51. The van der Waals surface area contributed by atoms with Gasteiger partial charge in [0.2, 0.25) is 0 Å². The summed E-state index contributed by atoms with van der Waals surface area (Å²) in [4.78, 5) is 0. The zero-order chi connectivity index (χ0) is 7.49. The van der Waals surface area contributed by atoms with Crippen molar-refractivity contribution in [3.05, 3.63) is 0 Å². The molecule has 0 bridgehead atoms. The summed E-state index contributed by atoms with van der Waals surface area (Å²) in [5, 5.41) is 0. The van der Waals surface area contributed by atoms with Crippen LogP contribution >= 0.6 is 22.5 Å². The normalized spacial score (nSPS) is 13.9. The molecule has 1 atom stereocenters. The van der Waals surface area contributed by atoms with Crippen molar-refractivity contribution < 1.29 is 31.8 Å². The minimum atomic E-state index is -4.13. The van der Waals surface area contributed by atoms with Gasteiger partial charge in [0, 0.05) is 0 Å². The zero-order valence-electron chi connectivity index (χ0n) is 5.77. The molecule has 0 aromatic carbocycles. The monoisotopic (exact) mass is 194 g/mol. The van der Waals surface area contributed by atoms with Crippen LogP contribution in [0.4, 0.5) is 0 Å². The molecule has 0 aromatic heterocycles. The molecule has 0 spiro atoms. The van der Waals surface area contributed by atoms with Crippen LogP contribution in [-0.2, 0) is 10.1 Å². The van der Waals surface area contributed by atoms with Crippen LogP contribution in [0.2, 0.25) is 0 Å². The molecule has 0 saturated heterocycles. The van der Waals surface area contributed by atoms with E-state index in [9.17, 15) is 13.0 Å². The Bertz CT molecular complexity index is 162. The largest absolute Gasteiger partial charge is 1.00 e. The van der Waals surface area contributed by atoms with Crippen molar-refractivity contribution in [2.45, 2.75) is 17.9 Å². The van der Waals surface area contributed by atoms with Gasteiger partial charge in [0.15, 0.2) is 0 Å². The van der Waals surface area contributed by atoms with Crippen LogP contribution < -0.4 is 18.9 Å². The van der Waals surface area contributed by atoms with Crippen LogP contribution in [-0.4, -0.2) is 17.6 Å². The average Bonchev–Trinajstić information content (AvgIpc) is 1.65. The first-order valence-electron chi connectivity index (χ1n) is 2.27. The molecule has 0 aromatic rings. The molecular weight excluding hydrogens is 187 g/mol. The van der Waals surface area contributed by atoms with Crippen LogP contribution in [0.25, 0.3) is 0 Å². The zero-order valence-corrected chi connectivity index (χ0v) is 8.30. The second-order valence-corrected chi connectivity index (χ2v) is 4.70. The van der Waals surface area contributed by atoms with Crippen LogP contribution in [0.3, 0.4) is 0 Å². The minimum Gasteiger partial charge on any atom is -0.747 e. The van der Waals surface area contributed by atoms with Gasteiger partial charge in [-0.05, 0) is 6.42 Å². The Morgan fingerprint density at radius 3 is 2.10 bits per heavy atom. The maximum atomic E-state index is 10.2. The van der Waals surface area contributed by atoms with E-state index in [-0.39, 0.29) is 18.9 Å². The first kappa shape index (κ1) is 13.8. The van der Waals surface area contributed by atoms with Gasteiger partial charge in [0.25, 0.3) is 0 Å². The minimum absolute atomic E-state index is 0. The maximum Gasteiger partial charge on any atom is 1.00 e. The van der Waals surface area contributed by atoms with Crippen molar-refractivity contribution in [3.8, 4) is 0 Å². The molecule has 0 aliphatic heterocycles. The summed E-state index contributed by atoms with van der Waals surface area (Å²) in [5.74, 6) is 0. The van der Waals surface area contributed by atoms with E-state index in [4.69, 9.17) is 0 Å². The number of rotatable bonds is 3. The summed E-state index contributed by atoms with van der Waals surface area (Å²) in [5.41, 5.74) is 0. The number of thiol groups is 1. The van der Waals surface area contributed by atoms with Crippen molar-refractivity contribution >= 4 is 32.6 Å². The maximum absolute atomic E-state index is 10.2. The fraction of sp³-hybridized carbons (Fsp3) is 1.00. The molecule has 56 valence electrons. The Balaban J connectivity index is 0. The molecule has 0 fully saturated rings. The molecule has 10 heavy (non-hydrogen) atoms. The molecule has 0 rings (SSSR count). The summed E-state index contributed by atoms with van der Waals surface area (Å²) in [6.45, 7) is 1.63. The van der Waals surface area contributed by atoms with Gasteiger partial charge in [-0.3, -0.25) is 0 Å². The summed E-state index contributed by atoms with van der Waals surface area (Å²) in [7, 11) is -3.36. The van der Waals surface area contributed by atoms with Crippen LogP contribution in [0.5, 0.6) is 0 Å². The molecular formula is C3H7LiO3S3. The molecule has 0 saturated carbocycles. The summed E-state index contributed by atoms with van der Waals surface area (Å²) < 4.78 is 29.6. The van der Waals surface area contributed by atoms with E-state index >= 15 is 0 Å². The first-order chi connectivity index (χ1) is 4.02. The van der Waals surface area contributed by atoms with Gasteiger partial charge in [0.05, 0.1) is 0 Å². The van der Waals surface area contributed by atoms with Crippen LogP contribution in [0.1, 0.15) is 13.3 Å². The van der Waals surface area contributed by atoms with Crippen molar-refractivity contribution in [1.82, 2.24) is 0 Å². The Kier molecular flexibility index (Phi) is 8.00. The average molecular weight is 194 g/mol. The van der Waals surface area contributed by atoms with Crippen LogP contribution in [0, 0.1) is 0 Å². The van der Waals surface area contributed by atoms with E-state index in [1.807, 2.05) is 0 Å². The summed E-state index contributed by atoms with van der Waals surface area (Å²) >= 11 is 3.63. The van der Waals surface area contributed by atoms with E-state index in [0.29, 0.717) is 6.42 Å². The van der Waals surface area contributed by atoms with Gasteiger partial charge in [-0.2, -0.15) is 0 Å². The smallest absolute Gasteiger partial charge is 0.747 e. The summed E-state index contributed by atoms with van der Waals surface area (Å²) in [6.07, 6.45) is 0.306. The van der Waals surface area contributed by atoms with E-state index in [0.717, 1.165) is 10.8 Å². The third-order valence-electron chi connectivity index (χ3n) is 0.773. The standard InChI is InChI=1S/C3H8O3S3.Li/c1-2-3(8-7)9(4,5)6;/h3,7H,2H2,1H3,(H,4,5,6);/q;+1/p-1. The van der Waals surface area contributed by atoms with Gasteiger partial charge >= 0.3 is 18.9 Å². The quantitative estimate of drug-likeness (QED) is 0.241. The Morgan fingerprint density at radius 1 is 1.70 bits per heavy atom. The van der Waals surface area contributed by atoms with Gasteiger partial charge in [-0.1, -0.05) is 17.7 Å². The van der Waals surface area contributed by atoms with Gasteiger partial charge < -0.3 is 4.55 Å². The van der Waals surface area contributed by atoms with Gasteiger partial charge in [-0.15, -0.1) is 11.7 Å². The SMILES string of the molecule is CCC(SS)S(=O)(=O)[O-].[Li+]. The molecule has 0 aliphatic carbocycles. The fourth-order valence-corrected chi connectivity index (χ4v) is 2.71. The van der Waals surface area contributed by atoms with Gasteiger partial charge in [0.1, 0.15) is 14.7 Å². The Hall–Kier alpha value is 1.21. The molecule has 0 amide bonds. The molecule has 0 N–H and O–H groups in total. The predicted molar refractivity (Wildman–Crippen MR) is 40.4 cm³/mol. The van der Waals surface area contributed by atoms with Crippen molar-refractivity contribution in [2.24, 2.45) is 0 Å². The fourth-order valence-electron chi connectivity index (χ4n) is 0.331.